The van der Waals surface area contributed by atoms with Crippen molar-refractivity contribution in [2.45, 2.75) is 38.4 Å². The molecule has 1 fully saturated rings. The molecular weight excluding hydrogens is 549 g/mol. The first-order chi connectivity index (χ1) is 20.1. The predicted octanol–water partition coefficient (Wildman–Crippen LogP) is 4.51. The lowest BCUT2D eigenvalue weighted by molar-refractivity contribution is -0.136. The van der Waals surface area contributed by atoms with Gasteiger partial charge in [-0.1, -0.05) is 19.1 Å². The molecule has 0 aliphatic carbocycles. The second-order valence-electron chi connectivity index (χ2n) is 11.3. The Balaban J connectivity index is 1.60. The van der Waals surface area contributed by atoms with E-state index in [0.29, 0.717) is 42.8 Å². The molecule has 1 aromatic carbocycles. The number of rotatable bonds is 10. The van der Waals surface area contributed by atoms with Gasteiger partial charge < -0.3 is 14.0 Å². The number of piperidine rings is 1. The minimum Gasteiger partial charge on any atom is -0.384 e. The van der Waals surface area contributed by atoms with E-state index in [4.69, 9.17) is 9.47 Å². The van der Waals surface area contributed by atoms with Crippen LogP contribution in [0.1, 0.15) is 48.2 Å². The number of hydrogen-bond donors (Lipinski definition) is 0. The number of benzene rings is 1. The van der Waals surface area contributed by atoms with Gasteiger partial charge in [0.1, 0.15) is 12.2 Å². The first-order valence-corrected chi connectivity index (χ1v) is 14.1. The van der Waals surface area contributed by atoms with Gasteiger partial charge in [0.25, 0.3) is 0 Å². The van der Waals surface area contributed by atoms with Crippen molar-refractivity contribution >= 4 is 5.52 Å². The molecule has 9 nitrogen and oxygen atoms in total. The van der Waals surface area contributed by atoms with E-state index in [9.17, 15) is 18.0 Å². The highest BCUT2D eigenvalue weighted by Crippen LogP contribution is 2.35. The predicted molar refractivity (Wildman–Crippen MR) is 152 cm³/mol. The van der Waals surface area contributed by atoms with Crippen molar-refractivity contribution in [2.24, 2.45) is 18.9 Å². The summed E-state index contributed by atoms with van der Waals surface area (Å²) in [5.41, 5.74) is 0.135. The fourth-order valence-electron chi connectivity index (χ4n) is 6.17. The summed E-state index contributed by atoms with van der Waals surface area (Å²) in [6, 6.07) is 8.39. The molecule has 0 bridgehead atoms. The number of fused-ring (bicyclic) bond motifs is 1. The van der Waals surface area contributed by atoms with Gasteiger partial charge in [0.2, 0.25) is 0 Å². The number of imidazole rings is 1. The molecule has 3 aromatic heterocycles. The van der Waals surface area contributed by atoms with E-state index >= 15 is 0 Å². The molecule has 1 saturated heterocycles. The van der Waals surface area contributed by atoms with Gasteiger partial charge in [0.15, 0.2) is 0 Å². The zero-order valence-electron chi connectivity index (χ0n) is 24.3. The molecule has 1 aliphatic rings. The summed E-state index contributed by atoms with van der Waals surface area (Å²) in [7, 11) is 5.06. The zero-order chi connectivity index (χ0) is 30.0. The highest BCUT2D eigenvalue weighted by Gasteiger charge is 2.35. The monoisotopic (exact) mass is 586 g/mol. The zero-order valence-corrected chi connectivity index (χ0v) is 24.3. The smallest absolute Gasteiger partial charge is 0.384 e. The number of hydrogen-bond acceptors (Lipinski definition) is 6. The molecule has 0 unspecified atom stereocenters. The maximum Gasteiger partial charge on any atom is 0.418 e. The van der Waals surface area contributed by atoms with Gasteiger partial charge >= 0.3 is 11.9 Å². The first kappa shape index (κ1) is 30.0. The molecule has 5 rings (SSSR count). The van der Waals surface area contributed by atoms with Crippen LogP contribution in [0.25, 0.3) is 11.2 Å². The fourth-order valence-corrected chi connectivity index (χ4v) is 6.17. The van der Waals surface area contributed by atoms with Gasteiger partial charge in [0, 0.05) is 52.7 Å². The minimum atomic E-state index is -4.62. The molecule has 4 heterocycles. The molecule has 0 N–H and O–H groups in total. The van der Waals surface area contributed by atoms with Crippen molar-refractivity contribution in [3.8, 4) is 5.69 Å². The average molecular weight is 587 g/mol. The van der Waals surface area contributed by atoms with Crippen LogP contribution in [-0.2, 0) is 29.2 Å². The van der Waals surface area contributed by atoms with Crippen molar-refractivity contribution in [2.75, 3.05) is 40.5 Å². The van der Waals surface area contributed by atoms with Gasteiger partial charge in [0.05, 0.1) is 35.9 Å². The Morgan fingerprint density at radius 3 is 2.52 bits per heavy atom. The topological polar surface area (TPSA) is 78.8 Å². The third-order valence-corrected chi connectivity index (χ3v) is 8.04. The molecule has 12 heteroatoms. The minimum absolute atomic E-state index is 0.139. The number of aryl methyl sites for hydroxylation is 1. The van der Waals surface area contributed by atoms with Crippen LogP contribution in [0.5, 0.6) is 0 Å². The number of pyridine rings is 1. The number of nitrogens with zero attached hydrogens (tertiary/aromatic N) is 6. The largest absolute Gasteiger partial charge is 0.418 e. The Bertz CT molecular complexity index is 1570. The number of likely N-dealkylation sites (tertiary alicyclic amines) is 1. The fraction of sp³-hybridized carbons (Fsp3) is 0.500. The summed E-state index contributed by atoms with van der Waals surface area (Å²) < 4.78 is 58.1. The summed E-state index contributed by atoms with van der Waals surface area (Å²) in [4.78, 5) is 15.8. The Labute approximate surface area is 242 Å². The lowest BCUT2D eigenvalue weighted by atomic mass is 9.85. The molecule has 0 saturated carbocycles. The number of methoxy groups -OCH3 is 2. The molecule has 1 aliphatic heterocycles. The van der Waals surface area contributed by atoms with Crippen LogP contribution in [-0.4, -0.2) is 69.2 Å². The number of ether oxygens (including phenoxy) is 2. The number of halogens is 3. The van der Waals surface area contributed by atoms with E-state index in [1.165, 1.54) is 16.8 Å². The van der Waals surface area contributed by atoms with Gasteiger partial charge in [-0.15, -0.1) is 10.2 Å². The van der Waals surface area contributed by atoms with E-state index in [-0.39, 0.29) is 17.4 Å². The molecule has 226 valence electrons. The first-order valence-electron chi connectivity index (χ1n) is 14.1. The Kier molecular flexibility index (Phi) is 8.86. The lowest BCUT2D eigenvalue weighted by Crippen LogP contribution is -2.34. The summed E-state index contributed by atoms with van der Waals surface area (Å²) in [5, 5.41) is 8.38. The van der Waals surface area contributed by atoms with Crippen LogP contribution in [0.4, 0.5) is 13.2 Å². The van der Waals surface area contributed by atoms with Crippen molar-refractivity contribution in [3.63, 3.8) is 0 Å². The number of aromatic nitrogens is 5. The van der Waals surface area contributed by atoms with E-state index in [1.54, 1.807) is 38.9 Å². The maximum absolute atomic E-state index is 14.3. The standard InChI is InChI=1S/C30H37F3N6O3/c1-20-7-6-10-37(13-20)14-21-11-25(30(31,32)33)26-16-38(29(40)39(26)15-21)24-9-5-8-22(12-24)27(23(17-41-3)18-42-4)28-35-34-19-36(28)2/h5,8-9,11-12,15-16,19-20,23,27H,6-7,10,13-14,17-18H2,1-4H3/t20-,27+/m0/s1. The summed E-state index contributed by atoms with van der Waals surface area (Å²) >= 11 is 0. The molecular formula is C30H37F3N6O3. The Morgan fingerprint density at radius 2 is 1.88 bits per heavy atom. The summed E-state index contributed by atoms with van der Waals surface area (Å²) in [6.07, 6.45) is 1.92. The quantitative estimate of drug-likeness (QED) is 0.272. The van der Waals surface area contributed by atoms with E-state index in [0.717, 1.165) is 35.9 Å². The van der Waals surface area contributed by atoms with E-state index in [2.05, 4.69) is 22.0 Å². The molecule has 0 amide bonds. The third-order valence-electron chi connectivity index (χ3n) is 8.04. The van der Waals surface area contributed by atoms with Gasteiger partial charge in [-0.05, 0) is 54.6 Å². The molecule has 0 spiro atoms. The highest BCUT2D eigenvalue weighted by atomic mass is 19.4. The van der Waals surface area contributed by atoms with Crippen LogP contribution in [0, 0.1) is 11.8 Å². The van der Waals surface area contributed by atoms with Crippen LogP contribution in [0.2, 0.25) is 0 Å². The number of alkyl halides is 3. The van der Waals surface area contributed by atoms with Crippen LogP contribution in [0.15, 0.2) is 53.8 Å². The molecule has 42 heavy (non-hydrogen) atoms. The summed E-state index contributed by atoms with van der Waals surface area (Å²) in [5.74, 6) is 0.712. The van der Waals surface area contributed by atoms with Gasteiger partial charge in [-0.25, -0.2) is 4.79 Å². The maximum atomic E-state index is 14.3. The van der Waals surface area contributed by atoms with E-state index < -0.39 is 17.4 Å². The normalized spacial score (nSPS) is 17.4. The summed E-state index contributed by atoms with van der Waals surface area (Å²) in [6.45, 7) is 4.90. The SMILES string of the molecule is COCC(COC)[C@@H](c1cccc(-n2cc3c(C(F)(F)F)cc(CN4CCC[C@H](C)C4)cn3c2=O)c1)c1nncn1C. The second-order valence-corrected chi connectivity index (χ2v) is 11.3. The van der Waals surface area contributed by atoms with Crippen LogP contribution < -0.4 is 5.69 Å². The van der Waals surface area contributed by atoms with Crippen LogP contribution in [0.3, 0.4) is 0 Å². The highest BCUT2D eigenvalue weighted by molar-refractivity contribution is 5.58. The van der Waals surface area contributed by atoms with Crippen molar-refractivity contribution in [3.05, 3.63) is 82.1 Å². The molecule has 4 aromatic rings. The molecule has 2 atom stereocenters. The van der Waals surface area contributed by atoms with Gasteiger partial charge in [-0.2, -0.15) is 13.2 Å². The average Bonchev–Trinajstić information content (AvgIpc) is 3.51. The van der Waals surface area contributed by atoms with Gasteiger partial charge in [-0.3, -0.25) is 13.9 Å². The van der Waals surface area contributed by atoms with Crippen molar-refractivity contribution < 1.29 is 22.6 Å². The second kappa shape index (κ2) is 12.4. The van der Waals surface area contributed by atoms with Crippen LogP contribution >= 0.6 is 0 Å². The van der Waals surface area contributed by atoms with E-state index in [1.807, 2.05) is 23.7 Å². The third kappa shape index (κ3) is 6.16. The van der Waals surface area contributed by atoms with Crippen molar-refractivity contribution in [1.29, 1.82) is 0 Å². The Hall–Kier alpha value is -3.48. The Morgan fingerprint density at radius 1 is 1.12 bits per heavy atom. The lowest BCUT2D eigenvalue weighted by Gasteiger charge is -2.31. The molecule has 0 radical (unpaired) electrons. The van der Waals surface area contributed by atoms with Crippen molar-refractivity contribution in [1.82, 2.24) is 28.6 Å².